The summed E-state index contributed by atoms with van der Waals surface area (Å²) in [5.74, 6) is -0.735. The minimum atomic E-state index is -0.643. The lowest BCUT2D eigenvalue weighted by Crippen LogP contribution is -2.44. The zero-order chi connectivity index (χ0) is 10.1. The van der Waals surface area contributed by atoms with Crippen molar-refractivity contribution in [1.29, 1.82) is 0 Å². The molecule has 2 rings (SSSR count). The summed E-state index contributed by atoms with van der Waals surface area (Å²) in [4.78, 5) is 33.3. The van der Waals surface area contributed by atoms with Crippen LogP contribution < -0.4 is 10.6 Å². The molecule has 0 aromatic carbocycles. The van der Waals surface area contributed by atoms with Gasteiger partial charge >= 0.3 is 0 Å². The van der Waals surface area contributed by atoms with Crippen LogP contribution in [0, 0.1) is 5.92 Å². The highest BCUT2D eigenvalue weighted by Gasteiger charge is 2.34. The number of nitrogens with one attached hydrogen (secondary N) is 2. The van der Waals surface area contributed by atoms with Crippen LogP contribution in [0.1, 0.15) is 25.7 Å². The monoisotopic (exact) mass is 196 g/mol. The Morgan fingerprint density at radius 1 is 1.36 bits per heavy atom. The standard InChI is InChI=1S/C9H12N2O3/c12-7-4-6(9(14)11-7)10-8(13)5-2-1-3-5/h5-6H,1-4H2,(H,10,13)(H,11,12,14). The Morgan fingerprint density at radius 2 is 2.07 bits per heavy atom. The Hall–Kier alpha value is -1.39. The van der Waals surface area contributed by atoms with Gasteiger partial charge < -0.3 is 5.32 Å². The number of hydrogen-bond donors (Lipinski definition) is 2. The van der Waals surface area contributed by atoms with E-state index in [2.05, 4.69) is 10.6 Å². The van der Waals surface area contributed by atoms with E-state index in [1.807, 2.05) is 0 Å². The molecule has 1 unspecified atom stereocenters. The second-order valence-corrected chi connectivity index (χ2v) is 3.81. The largest absolute Gasteiger partial charge is 0.344 e. The zero-order valence-electron chi connectivity index (χ0n) is 7.71. The van der Waals surface area contributed by atoms with Gasteiger partial charge in [-0.25, -0.2) is 0 Å². The second-order valence-electron chi connectivity index (χ2n) is 3.81. The van der Waals surface area contributed by atoms with E-state index in [0.29, 0.717) is 0 Å². The molecule has 0 bridgehead atoms. The summed E-state index contributed by atoms with van der Waals surface area (Å²) in [6, 6.07) is -0.643. The van der Waals surface area contributed by atoms with Gasteiger partial charge in [-0.05, 0) is 12.8 Å². The van der Waals surface area contributed by atoms with Gasteiger partial charge in [0.05, 0.1) is 6.42 Å². The molecular weight excluding hydrogens is 184 g/mol. The van der Waals surface area contributed by atoms with Gasteiger partial charge in [0.1, 0.15) is 6.04 Å². The van der Waals surface area contributed by atoms with Gasteiger partial charge in [-0.2, -0.15) is 0 Å². The van der Waals surface area contributed by atoms with E-state index >= 15 is 0 Å². The fourth-order valence-electron chi connectivity index (χ4n) is 1.63. The quantitative estimate of drug-likeness (QED) is 0.574. The number of carbonyl (C=O) groups excluding carboxylic acids is 3. The molecule has 1 atom stereocenters. The molecule has 76 valence electrons. The van der Waals surface area contributed by atoms with Crippen LogP contribution in [0.15, 0.2) is 0 Å². The maximum absolute atomic E-state index is 11.4. The lowest BCUT2D eigenvalue weighted by molar-refractivity contribution is -0.131. The molecule has 1 heterocycles. The van der Waals surface area contributed by atoms with E-state index in [1.54, 1.807) is 0 Å². The molecule has 0 spiro atoms. The summed E-state index contributed by atoms with van der Waals surface area (Å²) in [5, 5.41) is 4.74. The number of carbonyl (C=O) groups is 3. The molecule has 0 radical (unpaired) electrons. The van der Waals surface area contributed by atoms with E-state index in [1.165, 1.54) is 0 Å². The third-order valence-corrected chi connectivity index (χ3v) is 2.76. The molecule has 1 saturated heterocycles. The summed E-state index contributed by atoms with van der Waals surface area (Å²) in [5.41, 5.74) is 0. The summed E-state index contributed by atoms with van der Waals surface area (Å²) >= 11 is 0. The predicted molar refractivity (Wildman–Crippen MR) is 47.0 cm³/mol. The Balaban J connectivity index is 1.87. The van der Waals surface area contributed by atoms with Crippen molar-refractivity contribution in [1.82, 2.24) is 10.6 Å². The van der Waals surface area contributed by atoms with Crippen molar-refractivity contribution in [2.45, 2.75) is 31.7 Å². The van der Waals surface area contributed by atoms with Crippen molar-refractivity contribution in [2.75, 3.05) is 0 Å². The molecule has 2 aliphatic rings. The number of amides is 3. The first-order valence-corrected chi connectivity index (χ1v) is 4.81. The molecule has 0 aromatic heterocycles. The number of imide groups is 1. The lowest BCUT2D eigenvalue weighted by atomic mass is 9.84. The average Bonchev–Trinajstić information content (AvgIpc) is 2.26. The Morgan fingerprint density at radius 3 is 2.50 bits per heavy atom. The number of rotatable bonds is 2. The molecule has 1 aliphatic carbocycles. The van der Waals surface area contributed by atoms with Gasteiger partial charge in [0, 0.05) is 5.92 Å². The Labute approximate surface area is 81.2 Å². The lowest BCUT2D eigenvalue weighted by Gasteiger charge is -2.25. The number of hydrogen-bond acceptors (Lipinski definition) is 3. The van der Waals surface area contributed by atoms with Crippen LogP contribution in [-0.4, -0.2) is 23.8 Å². The highest BCUT2D eigenvalue weighted by Crippen LogP contribution is 2.26. The van der Waals surface area contributed by atoms with Crippen LogP contribution in [0.3, 0.4) is 0 Å². The van der Waals surface area contributed by atoms with Crippen LogP contribution in [0.25, 0.3) is 0 Å². The molecule has 0 aromatic rings. The third-order valence-electron chi connectivity index (χ3n) is 2.76. The van der Waals surface area contributed by atoms with Gasteiger partial charge in [-0.1, -0.05) is 6.42 Å². The second kappa shape index (κ2) is 3.40. The SMILES string of the molecule is O=C1CC(NC(=O)C2CCC2)C(=O)N1. The first-order valence-electron chi connectivity index (χ1n) is 4.81. The smallest absolute Gasteiger partial charge is 0.249 e. The highest BCUT2D eigenvalue weighted by atomic mass is 16.2. The van der Waals surface area contributed by atoms with Crippen LogP contribution in [-0.2, 0) is 14.4 Å². The summed E-state index contributed by atoms with van der Waals surface area (Å²) in [6.45, 7) is 0. The van der Waals surface area contributed by atoms with Crippen molar-refractivity contribution in [2.24, 2.45) is 5.92 Å². The van der Waals surface area contributed by atoms with Crippen molar-refractivity contribution in [3.63, 3.8) is 0 Å². The molecule has 1 saturated carbocycles. The molecule has 14 heavy (non-hydrogen) atoms. The maximum atomic E-state index is 11.4. The first kappa shape index (κ1) is 9.18. The van der Waals surface area contributed by atoms with Crippen molar-refractivity contribution < 1.29 is 14.4 Å². The van der Waals surface area contributed by atoms with E-state index in [-0.39, 0.29) is 30.1 Å². The molecule has 5 heteroatoms. The third kappa shape index (κ3) is 1.62. The van der Waals surface area contributed by atoms with Gasteiger partial charge in [0.25, 0.3) is 0 Å². The molecular formula is C9H12N2O3. The minimum Gasteiger partial charge on any atom is -0.344 e. The van der Waals surface area contributed by atoms with Crippen LogP contribution in [0.4, 0.5) is 0 Å². The molecule has 3 amide bonds. The fraction of sp³-hybridized carbons (Fsp3) is 0.667. The van der Waals surface area contributed by atoms with Crippen molar-refractivity contribution >= 4 is 17.7 Å². The van der Waals surface area contributed by atoms with Gasteiger partial charge in [0.2, 0.25) is 17.7 Å². The topological polar surface area (TPSA) is 75.3 Å². The van der Waals surface area contributed by atoms with Crippen molar-refractivity contribution in [3.8, 4) is 0 Å². The summed E-state index contributed by atoms with van der Waals surface area (Å²) < 4.78 is 0. The highest BCUT2D eigenvalue weighted by molar-refractivity contribution is 6.06. The van der Waals surface area contributed by atoms with E-state index in [0.717, 1.165) is 19.3 Å². The van der Waals surface area contributed by atoms with Crippen LogP contribution in [0.5, 0.6) is 0 Å². The molecule has 5 nitrogen and oxygen atoms in total. The van der Waals surface area contributed by atoms with E-state index in [9.17, 15) is 14.4 Å². The minimum absolute atomic E-state index is 0.0542. The average molecular weight is 196 g/mol. The first-order chi connectivity index (χ1) is 6.66. The van der Waals surface area contributed by atoms with Crippen LogP contribution >= 0.6 is 0 Å². The normalized spacial score (nSPS) is 27.0. The summed E-state index contributed by atoms with van der Waals surface area (Å²) in [7, 11) is 0. The molecule has 2 N–H and O–H groups in total. The maximum Gasteiger partial charge on any atom is 0.249 e. The molecule has 2 fully saturated rings. The Kier molecular flexibility index (Phi) is 2.23. The van der Waals surface area contributed by atoms with Crippen LogP contribution in [0.2, 0.25) is 0 Å². The zero-order valence-corrected chi connectivity index (χ0v) is 7.71. The van der Waals surface area contributed by atoms with E-state index in [4.69, 9.17) is 0 Å². The molecule has 1 aliphatic heterocycles. The van der Waals surface area contributed by atoms with Gasteiger partial charge in [-0.15, -0.1) is 0 Å². The van der Waals surface area contributed by atoms with Crippen molar-refractivity contribution in [3.05, 3.63) is 0 Å². The fourth-order valence-corrected chi connectivity index (χ4v) is 1.63. The Bertz CT molecular complexity index is 296. The van der Waals surface area contributed by atoms with Gasteiger partial charge in [0.15, 0.2) is 0 Å². The van der Waals surface area contributed by atoms with E-state index < -0.39 is 6.04 Å². The predicted octanol–water partition coefficient (Wildman–Crippen LogP) is -0.682. The summed E-state index contributed by atoms with van der Waals surface area (Å²) in [6.07, 6.45) is 2.95. The van der Waals surface area contributed by atoms with Gasteiger partial charge in [-0.3, -0.25) is 19.7 Å².